The topological polar surface area (TPSA) is 90.0 Å². The van der Waals surface area contributed by atoms with Crippen LogP contribution in [0.5, 0.6) is 0 Å². The molecule has 1 atom stereocenters. The molecule has 0 saturated carbocycles. The maximum Gasteiger partial charge on any atom is 0.255 e. The van der Waals surface area contributed by atoms with Gasteiger partial charge in [-0.05, 0) is 38.2 Å². The second kappa shape index (κ2) is 6.45. The number of amides is 4. The average molecular weight is 370 g/mol. The van der Waals surface area contributed by atoms with E-state index in [9.17, 15) is 19.2 Å². The standard InChI is InChI=1S/C19H22N4O4/c1-21(2)11-8-22(9-11)18(26)12-4-3-5-13-14(12)10-23(19(13)27)15-6-7-16(24)20-17(15)25/h3-5,11,15H,6-10H2,1-2H3,(H,20,24,25). The fourth-order valence-corrected chi connectivity index (χ4v) is 3.90. The molecule has 1 aromatic rings. The highest BCUT2D eigenvalue weighted by molar-refractivity contribution is 6.07. The third-order valence-electron chi connectivity index (χ3n) is 5.69. The van der Waals surface area contributed by atoms with Gasteiger partial charge in [0, 0.05) is 43.2 Å². The van der Waals surface area contributed by atoms with Gasteiger partial charge in [0.15, 0.2) is 0 Å². The van der Waals surface area contributed by atoms with Gasteiger partial charge in [0.1, 0.15) is 6.04 Å². The zero-order chi connectivity index (χ0) is 19.3. The molecule has 4 amide bonds. The number of likely N-dealkylation sites (N-methyl/N-ethyl adjacent to an activating group) is 1. The molecule has 8 heteroatoms. The molecule has 2 fully saturated rings. The lowest BCUT2D eigenvalue weighted by Crippen LogP contribution is -2.59. The van der Waals surface area contributed by atoms with Crippen molar-refractivity contribution in [3.8, 4) is 0 Å². The highest BCUT2D eigenvalue weighted by Gasteiger charge is 2.41. The predicted molar refractivity (Wildman–Crippen MR) is 95.9 cm³/mol. The molecule has 3 heterocycles. The largest absolute Gasteiger partial charge is 0.335 e. The van der Waals surface area contributed by atoms with Crippen molar-refractivity contribution in [2.75, 3.05) is 27.2 Å². The summed E-state index contributed by atoms with van der Waals surface area (Å²) in [6.45, 7) is 1.55. The van der Waals surface area contributed by atoms with Crippen LogP contribution in [-0.2, 0) is 16.1 Å². The number of carbonyl (C=O) groups is 4. The van der Waals surface area contributed by atoms with Crippen LogP contribution < -0.4 is 5.32 Å². The highest BCUT2D eigenvalue weighted by Crippen LogP contribution is 2.31. The Morgan fingerprint density at radius 1 is 1.19 bits per heavy atom. The summed E-state index contributed by atoms with van der Waals surface area (Å²) in [6.07, 6.45) is 0.520. The van der Waals surface area contributed by atoms with Crippen LogP contribution >= 0.6 is 0 Å². The van der Waals surface area contributed by atoms with Crippen molar-refractivity contribution < 1.29 is 19.2 Å². The zero-order valence-corrected chi connectivity index (χ0v) is 15.4. The quantitative estimate of drug-likeness (QED) is 0.747. The Balaban J connectivity index is 1.56. The lowest BCUT2D eigenvalue weighted by Gasteiger charge is -2.43. The third kappa shape index (κ3) is 2.90. The van der Waals surface area contributed by atoms with Gasteiger partial charge in [0.25, 0.3) is 11.8 Å². The molecule has 3 aliphatic heterocycles. The Bertz CT molecular complexity index is 844. The summed E-state index contributed by atoms with van der Waals surface area (Å²) < 4.78 is 0. The van der Waals surface area contributed by atoms with Gasteiger partial charge < -0.3 is 14.7 Å². The Hall–Kier alpha value is -2.74. The second-order valence-electron chi connectivity index (χ2n) is 7.56. The highest BCUT2D eigenvalue weighted by atomic mass is 16.2. The van der Waals surface area contributed by atoms with E-state index < -0.39 is 11.9 Å². The Labute approximate surface area is 157 Å². The number of carbonyl (C=O) groups excluding carboxylic acids is 4. The van der Waals surface area contributed by atoms with Gasteiger partial charge in [-0.15, -0.1) is 0 Å². The summed E-state index contributed by atoms with van der Waals surface area (Å²) in [7, 11) is 3.98. The lowest BCUT2D eigenvalue weighted by atomic mass is 9.99. The van der Waals surface area contributed by atoms with Crippen molar-refractivity contribution in [1.29, 1.82) is 0 Å². The van der Waals surface area contributed by atoms with Crippen LogP contribution in [-0.4, -0.2) is 77.6 Å². The number of nitrogens with one attached hydrogen (secondary N) is 1. The zero-order valence-electron chi connectivity index (χ0n) is 15.4. The SMILES string of the molecule is CN(C)C1CN(C(=O)c2cccc3c2CN(C2CCC(=O)NC2=O)C3=O)C1. The first-order valence-electron chi connectivity index (χ1n) is 9.09. The Kier molecular flexibility index (Phi) is 4.22. The van der Waals surface area contributed by atoms with Crippen LogP contribution in [0.3, 0.4) is 0 Å². The van der Waals surface area contributed by atoms with Crippen LogP contribution in [0, 0.1) is 0 Å². The van der Waals surface area contributed by atoms with E-state index in [0.717, 1.165) is 0 Å². The maximum absolute atomic E-state index is 12.9. The summed E-state index contributed by atoms with van der Waals surface area (Å²) in [5.41, 5.74) is 1.66. The molecule has 4 rings (SSSR count). The molecule has 0 aliphatic carbocycles. The summed E-state index contributed by atoms with van der Waals surface area (Å²) in [5.74, 6) is -1.10. The number of piperidine rings is 1. The summed E-state index contributed by atoms with van der Waals surface area (Å²) in [5, 5.41) is 2.29. The van der Waals surface area contributed by atoms with Crippen LogP contribution in [0.15, 0.2) is 18.2 Å². The minimum atomic E-state index is -0.673. The normalized spacial score (nSPS) is 22.8. The van der Waals surface area contributed by atoms with E-state index in [-0.39, 0.29) is 30.7 Å². The molecule has 0 radical (unpaired) electrons. The van der Waals surface area contributed by atoms with Gasteiger partial charge in [0.05, 0.1) is 0 Å². The van der Waals surface area contributed by atoms with Gasteiger partial charge in [-0.2, -0.15) is 0 Å². The minimum absolute atomic E-state index is 0.0807. The van der Waals surface area contributed by atoms with Gasteiger partial charge in [-0.1, -0.05) is 6.07 Å². The monoisotopic (exact) mass is 370 g/mol. The summed E-state index contributed by atoms with van der Waals surface area (Å²) >= 11 is 0. The van der Waals surface area contributed by atoms with Crippen molar-refractivity contribution in [1.82, 2.24) is 20.0 Å². The van der Waals surface area contributed by atoms with Gasteiger partial charge >= 0.3 is 0 Å². The minimum Gasteiger partial charge on any atom is -0.335 e. The van der Waals surface area contributed by atoms with Crippen LogP contribution in [0.25, 0.3) is 0 Å². The molecule has 0 spiro atoms. The molecule has 27 heavy (non-hydrogen) atoms. The smallest absolute Gasteiger partial charge is 0.255 e. The summed E-state index contributed by atoms with van der Waals surface area (Å²) in [4.78, 5) is 54.6. The molecule has 3 aliphatic rings. The van der Waals surface area contributed by atoms with E-state index in [2.05, 4.69) is 10.2 Å². The molecule has 142 valence electrons. The molecular formula is C19H22N4O4. The van der Waals surface area contributed by atoms with Crippen molar-refractivity contribution in [3.63, 3.8) is 0 Å². The first-order valence-corrected chi connectivity index (χ1v) is 9.09. The molecule has 1 unspecified atom stereocenters. The Morgan fingerprint density at radius 2 is 1.93 bits per heavy atom. The van der Waals surface area contributed by atoms with Crippen molar-refractivity contribution in [2.45, 2.75) is 31.5 Å². The van der Waals surface area contributed by atoms with Gasteiger partial charge in [0.2, 0.25) is 11.8 Å². The molecule has 2 saturated heterocycles. The molecule has 1 N–H and O–H groups in total. The van der Waals surface area contributed by atoms with Crippen molar-refractivity contribution in [2.24, 2.45) is 0 Å². The van der Waals surface area contributed by atoms with E-state index in [1.165, 1.54) is 4.90 Å². The molecule has 8 nitrogen and oxygen atoms in total. The van der Waals surface area contributed by atoms with Crippen molar-refractivity contribution >= 4 is 23.6 Å². The van der Waals surface area contributed by atoms with Crippen molar-refractivity contribution in [3.05, 3.63) is 34.9 Å². The number of benzene rings is 1. The third-order valence-corrected chi connectivity index (χ3v) is 5.69. The van der Waals surface area contributed by atoms with Crippen LogP contribution in [0.1, 0.15) is 39.1 Å². The van der Waals surface area contributed by atoms with E-state index in [1.54, 1.807) is 23.1 Å². The number of rotatable bonds is 3. The van der Waals surface area contributed by atoms with E-state index in [0.29, 0.717) is 42.2 Å². The molecular weight excluding hydrogens is 348 g/mol. The maximum atomic E-state index is 12.9. The first-order chi connectivity index (χ1) is 12.9. The number of nitrogens with zero attached hydrogens (tertiary/aromatic N) is 3. The van der Waals surface area contributed by atoms with Crippen LogP contribution in [0.2, 0.25) is 0 Å². The fourth-order valence-electron chi connectivity index (χ4n) is 3.90. The van der Waals surface area contributed by atoms with E-state index in [4.69, 9.17) is 0 Å². The summed E-state index contributed by atoms with van der Waals surface area (Å²) in [6, 6.07) is 4.83. The lowest BCUT2D eigenvalue weighted by molar-refractivity contribution is -0.136. The molecule has 0 bridgehead atoms. The fraction of sp³-hybridized carbons (Fsp3) is 0.474. The average Bonchev–Trinajstić information content (AvgIpc) is 2.90. The van der Waals surface area contributed by atoms with E-state index in [1.807, 2.05) is 14.1 Å². The molecule has 0 aromatic heterocycles. The number of fused-ring (bicyclic) bond motifs is 1. The number of hydrogen-bond acceptors (Lipinski definition) is 5. The number of hydrogen-bond donors (Lipinski definition) is 1. The number of likely N-dealkylation sites (tertiary alicyclic amines) is 1. The number of imide groups is 1. The van der Waals surface area contributed by atoms with Crippen LogP contribution in [0.4, 0.5) is 0 Å². The van der Waals surface area contributed by atoms with Gasteiger partial charge in [-0.3, -0.25) is 24.5 Å². The predicted octanol–water partition coefficient (Wildman–Crippen LogP) is -0.166. The first kappa shape index (κ1) is 17.7. The Morgan fingerprint density at radius 3 is 2.59 bits per heavy atom. The molecule has 1 aromatic carbocycles. The van der Waals surface area contributed by atoms with Gasteiger partial charge in [-0.25, -0.2) is 0 Å². The van der Waals surface area contributed by atoms with E-state index >= 15 is 0 Å². The second-order valence-corrected chi connectivity index (χ2v) is 7.56.